The number of hydrogen-bond donors (Lipinski definition) is 4. The summed E-state index contributed by atoms with van der Waals surface area (Å²) in [5.74, 6) is 1.30. The average Bonchev–Trinajstić information content (AvgIpc) is 3.15. The summed E-state index contributed by atoms with van der Waals surface area (Å²) in [5, 5.41) is 41.0. The van der Waals surface area contributed by atoms with Crippen LogP contribution in [0.15, 0.2) is 46.6 Å². The molecule has 0 spiro atoms. The summed E-state index contributed by atoms with van der Waals surface area (Å²) >= 11 is 1.90. The molecule has 33 heavy (non-hydrogen) atoms. The van der Waals surface area contributed by atoms with Crippen molar-refractivity contribution in [3.05, 3.63) is 46.6 Å². The molecule has 4 N–H and O–H groups in total. The minimum atomic E-state index is -0.718. The largest absolute Gasteiger partial charge is 0.392 e. The third-order valence-corrected chi connectivity index (χ3v) is 9.97. The first-order chi connectivity index (χ1) is 15.7. The molecule has 186 valence electrons. The zero-order chi connectivity index (χ0) is 24.2. The molecular weight excluding hydrogens is 432 g/mol. The molecule has 3 rings (SSSR count). The molecule has 3 aliphatic carbocycles. The van der Waals surface area contributed by atoms with Gasteiger partial charge in [0.25, 0.3) is 0 Å². The Labute approximate surface area is 204 Å². The van der Waals surface area contributed by atoms with Crippen LogP contribution in [0.5, 0.6) is 0 Å². The Morgan fingerprint density at radius 2 is 1.85 bits per heavy atom. The minimum absolute atomic E-state index is 0.158. The van der Waals surface area contributed by atoms with Gasteiger partial charge in [0.1, 0.15) is 0 Å². The third-order valence-electron chi connectivity index (χ3n) is 8.51. The van der Waals surface area contributed by atoms with Gasteiger partial charge in [-0.15, -0.1) is 0 Å². The van der Waals surface area contributed by atoms with E-state index in [4.69, 9.17) is 5.11 Å². The third kappa shape index (κ3) is 5.87. The Hall–Kier alpha value is -0.850. The van der Waals surface area contributed by atoms with Crippen LogP contribution in [0.4, 0.5) is 0 Å². The van der Waals surface area contributed by atoms with E-state index in [9.17, 15) is 15.3 Å². The fourth-order valence-electron chi connectivity index (χ4n) is 6.08. The van der Waals surface area contributed by atoms with Gasteiger partial charge < -0.3 is 20.4 Å². The number of hydrogen-bond acceptors (Lipinski definition) is 5. The topological polar surface area (TPSA) is 80.9 Å². The van der Waals surface area contributed by atoms with Gasteiger partial charge in [-0.2, -0.15) is 11.8 Å². The summed E-state index contributed by atoms with van der Waals surface area (Å²) in [6.07, 6.45) is 14.2. The van der Waals surface area contributed by atoms with Crippen LogP contribution in [0, 0.1) is 11.3 Å². The van der Waals surface area contributed by atoms with Gasteiger partial charge in [0.15, 0.2) is 0 Å². The fourth-order valence-corrected chi connectivity index (χ4v) is 7.60. The summed E-state index contributed by atoms with van der Waals surface area (Å²) in [6, 6.07) is 0. The molecule has 0 amide bonds. The van der Waals surface area contributed by atoms with Gasteiger partial charge in [0.2, 0.25) is 0 Å². The maximum atomic E-state index is 10.7. The van der Waals surface area contributed by atoms with Crippen molar-refractivity contribution in [3.8, 4) is 0 Å². The van der Waals surface area contributed by atoms with E-state index in [-0.39, 0.29) is 12.0 Å². The maximum Gasteiger partial charge on any atom is 0.0813 e. The standard InChI is InChI=1S/C28H44O4S/c1-5-28(32,6-2)18-33-19(3)23-11-12-24-21(8-7-14-27(23,24)4)10-9-20-16-25(30)22(13-15-29)26(31)17-20/h9-11,13,19,24-26,29-32H,5-8,12,14-18H2,1-4H3/b20-9?,21-10+,22-13?/t19-,24+,25-,26-,27-/m1/s1. The van der Waals surface area contributed by atoms with Crippen molar-refractivity contribution in [2.75, 3.05) is 12.4 Å². The highest BCUT2D eigenvalue weighted by Gasteiger charge is 2.46. The highest BCUT2D eigenvalue weighted by molar-refractivity contribution is 8.00. The summed E-state index contributed by atoms with van der Waals surface area (Å²) in [7, 11) is 0. The summed E-state index contributed by atoms with van der Waals surface area (Å²) in [4.78, 5) is 0. The van der Waals surface area contributed by atoms with Gasteiger partial charge in [-0.3, -0.25) is 0 Å². The van der Waals surface area contributed by atoms with E-state index < -0.39 is 17.8 Å². The van der Waals surface area contributed by atoms with Gasteiger partial charge in [-0.25, -0.2) is 0 Å². The van der Waals surface area contributed by atoms with E-state index in [1.54, 1.807) is 5.57 Å². The summed E-state index contributed by atoms with van der Waals surface area (Å²) in [6.45, 7) is 8.72. The maximum absolute atomic E-state index is 10.7. The Morgan fingerprint density at radius 1 is 1.18 bits per heavy atom. The zero-order valence-corrected chi connectivity index (χ0v) is 21.7. The van der Waals surface area contributed by atoms with Crippen LogP contribution in [0.2, 0.25) is 0 Å². The molecule has 5 atom stereocenters. The van der Waals surface area contributed by atoms with E-state index in [2.05, 4.69) is 45.9 Å². The van der Waals surface area contributed by atoms with Crippen molar-refractivity contribution >= 4 is 11.8 Å². The van der Waals surface area contributed by atoms with E-state index >= 15 is 0 Å². The first kappa shape index (κ1) is 26.7. The number of aliphatic hydroxyl groups excluding tert-OH is 3. The van der Waals surface area contributed by atoms with Crippen LogP contribution in [-0.2, 0) is 0 Å². The Kier molecular flexibility index (Phi) is 9.13. The van der Waals surface area contributed by atoms with Crippen molar-refractivity contribution in [3.63, 3.8) is 0 Å². The molecule has 3 aliphatic rings. The lowest BCUT2D eigenvalue weighted by Crippen LogP contribution is -2.35. The van der Waals surface area contributed by atoms with Crippen molar-refractivity contribution < 1.29 is 20.4 Å². The lowest BCUT2D eigenvalue weighted by atomic mass is 9.64. The van der Waals surface area contributed by atoms with Crippen LogP contribution in [0.25, 0.3) is 0 Å². The summed E-state index contributed by atoms with van der Waals surface area (Å²) in [5.41, 5.74) is 4.25. The van der Waals surface area contributed by atoms with E-state index in [0.29, 0.717) is 29.6 Å². The fraction of sp³-hybridized carbons (Fsp3) is 0.714. The Morgan fingerprint density at radius 3 is 2.45 bits per heavy atom. The quantitative estimate of drug-likeness (QED) is 0.367. The van der Waals surface area contributed by atoms with Crippen LogP contribution >= 0.6 is 11.8 Å². The molecule has 0 bridgehead atoms. The normalized spacial score (nSPS) is 32.5. The minimum Gasteiger partial charge on any atom is -0.392 e. The van der Waals surface area contributed by atoms with Gasteiger partial charge in [-0.05, 0) is 75.2 Å². The van der Waals surface area contributed by atoms with Crippen molar-refractivity contribution in [2.45, 2.75) is 102 Å². The molecule has 0 aromatic heterocycles. The summed E-state index contributed by atoms with van der Waals surface area (Å²) < 4.78 is 0. The Balaban J connectivity index is 1.70. The molecule has 2 fully saturated rings. The van der Waals surface area contributed by atoms with Gasteiger partial charge in [0, 0.05) is 11.0 Å². The van der Waals surface area contributed by atoms with E-state index in [0.717, 1.165) is 37.0 Å². The molecule has 0 heterocycles. The predicted molar refractivity (Wildman–Crippen MR) is 138 cm³/mol. The Bertz CT molecular complexity index is 791. The number of allylic oxidation sites excluding steroid dienone is 4. The monoisotopic (exact) mass is 476 g/mol. The van der Waals surface area contributed by atoms with Gasteiger partial charge in [-0.1, -0.05) is 61.8 Å². The van der Waals surface area contributed by atoms with Crippen LogP contribution in [0.1, 0.15) is 79.1 Å². The predicted octanol–water partition coefficient (Wildman–Crippen LogP) is 5.08. The van der Waals surface area contributed by atoms with Gasteiger partial charge in [0.05, 0.1) is 24.4 Å². The van der Waals surface area contributed by atoms with E-state index in [1.165, 1.54) is 24.5 Å². The smallest absolute Gasteiger partial charge is 0.0813 e. The molecule has 0 saturated heterocycles. The number of aliphatic hydroxyl groups is 4. The molecule has 0 aromatic rings. The lowest BCUT2D eigenvalue weighted by molar-refractivity contribution is 0.0571. The highest BCUT2D eigenvalue weighted by atomic mass is 32.2. The van der Waals surface area contributed by atoms with Crippen molar-refractivity contribution in [1.29, 1.82) is 0 Å². The SMILES string of the molecule is CCC(O)(CC)CS[C@H](C)C1=CC[C@H]2/C(=C/C=C3C[C@@H](O)C(=CCO)[C@H](O)C3)CCC[C@]12C. The van der Waals surface area contributed by atoms with Gasteiger partial charge >= 0.3 is 0 Å². The first-order valence-corrected chi connectivity index (χ1v) is 13.8. The molecule has 4 nitrogen and oxygen atoms in total. The molecule has 0 unspecified atom stereocenters. The molecular formula is C28H44O4S. The molecule has 0 aromatic carbocycles. The van der Waals surface area contributed by atoms with Crippen LogP contribution in [-0.4, -0.2) is 55.8 Å². The first-order valence-electron chi connectivity index (χ1n) is 12.8. The number of fused-ring (bicyclic) bond motifs is 1. The number of thioether (sulfide) groups is 1. The second kappa shape index (κ2) is 11.3. The van der Waals surface area contributed by atoms with Crippen molar-refractivity contribution in [2.24, 2.45) is 11.3 Å². The second-order valence-corrected chi connectivity index (χ2v) is 11.8. The van der Waals surface area contributed by atoms with Crippen molar-refractivity contribution in [1.82, 2.24) is 0 Å². The molecule has 0 aliphatic heterocycles. The molecule has 5 heteroatoms. The van der Waals surface area contributed by atoms with Crippen LogP contribution < -0.4 is 0 Å². The number of rotatable bonds is 8. The average molecular weight is 477 g/mol. The zero-order valence-electron chi connectivity index (χ0n) is 20.9. The lowest BCUT2D eigenvalue weighted by Gasteiger charge is -2.42. The van der Waals surface area contributed by atoms with E-state index in [1.807, 2.05) is 11.8 Å². The highest BCUT2D eigenvalue weighted by Crippen LogP contribution is 2.57. The second-order valence-electron chi connectivity index (χ2n) is 10.5. The van der Waals surface area contributed by atoms with Crippen LogP contribution in [0.3, 0.4) is 0 Å². The molecule has 0 radical (unpaired) electrons. The molecule has 2 saturated carbocycles.